The predicted octanol–water partition coefficient (Wildman–Crippen LogP) is 3.39. The van der Waals surface area contributed by atoms with E-state index in [1.54, 1.807) is 0 Å². The summed E-state index contributed by atoms with van der Waals surface area (Å²) in [6.45, 7) is 1.84. The minimum Gasteiger partial charge on any atom is -0.461 e. The molecular formula is C14H20ClNO2. The first-order valence-electron chi connectivity index (χ1n) is 6.28. The van der Waals surface area contributed by atoms with Crippen LogP contribution in [0, 0.1) is 0 Å². The van der Waals surface area contributed by atoms with Crippen LogP contribution >= 0.6 is 12.4 Å². The van der Waals surface area contributed by atoms with Crippen molar-refractivity contribution in [2.45, 2.75) is 44.8 Å². The number of carbonyl (C=O) groups is 1. The molecule has 0 aliphatic heterocycles. The smallest absolute Gasteiger partial charge is 0.328 e. The van der Waals surface area contributed by atoms with Crippen molar-refractivity contribution in [2.75, 3.05) is 5.32 Å². The van der Waals surface area contributed by atoms with Gasteiger partial charge in [0.15, 0.2) is 0 Å². The Morgan fingerprint density at radius 3 is 2.50 bits per heavy atom. The van der Waals surface area contributed by atoms with Crippen LogP contribution in [-0.4, -0.2) is 18.1 Å². The van der Waals surface area contributed by atoms with E-state index in [9.17, 15) is 4.79 Å². The Bertz CT molecular complexity index is 363. The van der Waals surface area contributed by atoms with Gasteiger partial charge >= 0.3 is 5.97 Å². The van der Waals surface area contributed by atoms with Crippen LogP contribution < -0.4 is 5.32 Å². The molecule has 0 amide bonds. The van der Waals surface area contributed by atoms with Gasteiger partial charge in [0.2, 0.25) is 0 Å². The topological polar surface area (TPSA) is 38.3 Å². The molecule has 0 unspecified atom stereocenters. The fourth-order valence-electron chi connectivity index (χ4n) is 2.12. The Kier molecular flexibility index (Phi) is 5.99. The molecule has 0 spiro atoms. The number of nitrogens with one attached hydrogen (secondary N) is 1. The van der Waals surface area contributed by atoms with Gasteiger partial charge in [-0.05, 0) is 44.7 Å². The zero-order valence-electron chi connectivity index (χ0n) is 10.6. The minimum absolute atomic E-state index is 0. The summed E-state index contributed by atoms with van der Waals surface area (Å²) in [6.07, 6.45) is 4.53. The Hall–Kier alpha value is -1.22. The molecule has 1 N–H and O–H groups in total. The maximum Gasteiger partial charge on any atom is 0.328 e. The van der Waals surface area contributed by atoms with Crippen molar-refractivity contribution in [3.8, 4) is 0 Å². The normalized spacial score (nSPS) is 16.7. The number of halogens is 1. The van der Waals surface area contributed by atoms with E-state index < -0.39 is 0 Å². The van der Waals surface area contributed by atoms with Gasteiger partial charge in [-0.15, -0.1) is 12.4 Å². The van der Waals surface area contributed by atoms with Gasteiger partial charge in [0.25, 0.3) is 0 Å². The summed E-state index contributed by atoms with van der Waals surface area (Å²) in [5.74, 6) is -0.152. The van der Waals surface area contributed by atoms with Crippen molar-refractivity contribution >= 4 is 24.1 Å². The van der Waals surface area contributed by atoms with E-state index in [4.69, 9.17) is 4.74 Å². The highest BCUT2D eigenvalue weighted by Gasteiger charge is 2.22. The number of benzene rings is 1. The quantitative estimate of drug-likeness (QED) is 0.852. The molecule has 0 saturated heterocycles. The molecule has 0 heterocycles. The molecular weight excluding hydrogens is 250 g/mol. The molecule has 2 rings (SSSR count). The Balaban J connectivity index is 0.00000162. The van der Waals surface area contributed by atoms with Crippen molar-refractivity contribution in [2.24, 2.45) is 0 Å². The van der Waals surface area contributed by atoms with E-state index in [0.717, 1.165) is 18.5 Å². The lowest BCUT2D eigenvalue weighted by Crippen LogP contribution is -2.30. The highest BCUT2D eigenvalue weighted by atomic mass is 35.5. The lowest BCUT2D eigenvalue weighted by atomic mass is 10.2. The van der Waals surface area contributed by atoms with E-state index in [0.29, 0.717) is 0 Å². The molecule has 0 radical (unpaired) electrons. The average molecular weight is 270 g/mol. The van der Waals surface area contributed by atoms with E-state index in [1.807, 2.05) is 37.3 Å². The van der Waals surface area contributed by atoms with Gasteiger partial charge in [-0.3, -0.25) is 0 Å². The van der Waals surface area contributed by atoms with Gasteiger partial charge in [0, 0.05) is 5.69 Å². The third-order valence-electron chi connectivity index (χ3n) is 3.10. The summed E-state index contributed by atoms with van der Waals surface area (Å²) >= 11 is 0. The minimum atomic E-state index is -0.294. The molecule has 0 bridgehead atoms. The fraction of sp³-hybridized carbons (Fsp3) is 0.500. The summed E-state index contributed by atoms with van der Waals surface area (Å²) in [7, 11) is 0. The summed E-state index contributed by atoms with van der Waals surface area (Å²) in [5.41, 5.74) is 0.948. The zero-order chi connectivity index (χ0) is 12.1. The lowest BCUT2D eigenvalue weighted by Gasteiger charge is -2.17. The van der Waals surface area contributed by atoms with Crippen molar-refractivity contribution in [3.63, 3.8) is 0 Å². The Morgan fingerprint density at radius 2 is 1.89 bits per heavy atom. The lowest BCUT2D eigenvalue weighted by molar-refractivity contribution is -0.149. The molecule has 100 valence electrons. The monoisotopic (exact) mass is 269 g/mol. The maximum atomic E-state index is 11.8. The first kappa shape index (κ1) is 14.8. The molecule has 18 heavy (non-hydrogen) atoms. The van der Waals surface area contributed by atoms with Crippen LogP contribution in [0.25, 0.3) is 0 Å². The van der Waals surface area contributed by atoms with E-state index in [-0.39, 0.29) is 30.5 Å². The number of para-hydroxylation sites is 1. The molecule has 1 aliphatic rings. The van der Waals surface area contributed by atoms with Gasteiger partial charge in [-0.1, -0.05) is 18.2 Å². The van der Waals surface area contributed by atoms with Crippen molar-refractivity contribution in [3.05, 3.63) is 30.3 Å². The van der Waals surface area contributed by atoms with Crippen LogP contribution in [0.4, 0.5) is 5.69 Å². The molecule has 4 heteroatoms. The number of rotatable bonds is 4. The number of anilines is 1. The van der Waals surface area contributed by atoms with E-state index >= 15 is 0 Å². The number of ether oxygens (including phenoxy) is 1. The highest BCUT2D eigenvalue weighted by molar-refractivity contribution is 5.85. The summed E-state index contributed by atoms with van der Waals surface area (Å²) in [4.78, 5) is 11.8. The number of carbonyl (C=O) groups excluding carboxylic acids is 1. The molecule has 1 fully saturated rings. The summed E-state index contributed by atoms with van der Waals surface area (Å²) in [6, 6.07) is 9.43. The van der Waals surface area contributed by atoms with Crippen molar-refractivity contribution in [1.82, 2.24) is 0 Å². The van der Waals surface area contributed by atoms with Crippen molar-refractivity contribution in [1.29, 1.82) is 0 Å². The molecule has 1 aliphatic carbocycles. The van der Waals surface area contributed by atoms with Crippen LogP contribution in [0.3, 0.4) is 0 Å². The van der Waals surface area contributed by atoms with Gasteiger partial charge < -0.3 is 10.1 Å². The Labute approximate surface area is 114 Å². The number of esters is 1. The van der Waals surface area contributed by atoms with Crippen LogP contribution in [0.5, 0.6) is 0 Å². The molecule has 3 nitrogen and oxygen atoms in total. The third-order valence-corrected chi connectivity index (χ3v) is 3.10. The SMILES string of the molecule is C[C@H](Nc1ccccc1)C(=O)OC1CCCC1.Cl. The summed E-state index contributed by atoms with van der Waals surface area (Å²) < 4.78 is 5.44. The first-order chi connectivity index (χ1) is 8.25. The van der Waals surface area contributed by atoms with Gasteiger partial charge in [-0.2, -0.15) is 0 Å². The second-order valence-electron chi connectivity index (χ2n) is 4.58. The predicted molar refractivity (Wildman–Crippen MR) is 75.1 cm³/mol. The number of hydrogen-bond donors (Lipinski definition) is 1. The van der Waals surface area contributed by atoms with E-state index in [2.05, 4.69) is 5.32 Å². The van der Waals surface area contributed by atoms with Crippen LogP contribution in [0.15, 0.2) is 30.3 Å². The van der Waals surface area contributed by atoms with Crippen molar-refractivity contribution < 1.29 is 9.53 Å². The second kappa shape index (κ2) is 7.27. The average Bonchev–Trinajstić information content (AvgIpc) is 2.83. The van der Waals surface area contributed by atoms with Crippen LogP contribution in [0.2, 0.25) is 0 Å². The van der Waals surface area contributed by atoms with Crippen LogP contribution in [0.1, 0.15) is 32.6 Å². The van der Waals surface area contributed by atoms with Gasteiger partial charge in [-0.25, -0.2) is 4.79 Å². The second-order valence-corrected chi connectivity index (χ2v) is 4.58. The largest absolute Gasteiger partial charge is 0.461 e. The molecule has 1 aromatic rings. The Morgan fingerprint density at radius 1 is 1.28 bits per heavy atom. The van der Waals surface area contributed by atoms with Gasteiger partial charge in [0.1, 0.15) is 12.1 Å². The summed E-state index contributed by atoms with van der Waals surface area (Å²) in [5, 5.41) is 3.14. The molecule has 0 aromatic heterocycles. The molecule has 1 saturated carbocycles. The highest BCUT2D eigenvalue weighted by Crippen LogP contribution is 2.21. The zero-order valence-corrected chi connectivity index (χ0v) is 11.4. The molecule has 1 atom stereocenters. The van der Waals surface area contributed by atoms with E-state index in [1.165, 1.54) is 12.8 Å². The maximum absolute atomic E-state index is 11.8. The van der Waals surface area contributed by atoms with Gasteiger partial charge in [0.05, 0.1) is 0 Å². The number of hydrogen-bond acceptors (Lipinski definition) is 3. The molecule has 1 aromatic carbocycles. The fourth-order valence-corrected chi connectivity index (χ4v) is 2.12. The third kappa shape index (κ3) is 4.22. The standard InChI is InChI=1S/C14H19NO2.ClH/c1-11(15-12-7-3-2-4-8-12)14(16)17-13-9-5-6-10-13;/h2-4,7-8,11,13,15H,5-6,9-10H2,1H3;1H/t11-;/m0./s1. The van der Waals surface area contributed by atoms with Crippen LogP contribution in [-0.2, 0) is 9.53 Å². The first-order valence-corrected chi connectivity index (χ1v) is 6.28.